The number of hydrogen-bond acceptors (Lipinski definition) is 5. The highest BCUT2D eigenvalue weighted by atomic mass is 16.2. The van der Waals surface area contributed by atoms with Crippen LogP contribution in [0.15, 0.2) is 35.3 Å². The van der Waals surface area contributed by atoms with Crippen LogP contribution in [-0.4, -0.2) is 59.7 Å². The van der Waals surface area contributed by atoms with Crippen molar-refractivity contribution in [3.63, 3.8) is 0 Å². The molecule has 1 aliphatic rings. The van der Waals surface area contributed by atoms with Crippen molar-refractivity contribution in [1.29, 1.82) is 0 Å². The van der Waals surface area contributed by atoms with Crippen LogP contribution >= 0.6 is 0 Å². The molecule has 0 aliphatic carbocycles. The number of rotatable bonds is 10. The fraction of sp³-hybridized carbons (Fsp3) is 0.524. The summed E-state index contributed by atoms with van der Waals surface area (Å²) in [5.41, 5.74) is 17.7. The Morgan fingerprint density at radius 2 is 1.93 bits per heavy atom. The van der Waals surface area contributed by atoms with Gasteiger partial charge < -0.3 is 27.4 Å². The molecule has 2 rings (SSSR count). The van der Waals surface area contributed by atoms with Gasteiger partial charge in [-0.3, -0.25) is 19.4 Å². The minimum Gasteiger partial charge on any atom is -0.370 e. The number of carbonyl (C=O) groups is 3. The van der Waals surface area contributed by atoms with E-state index in [4.69, 9.17) is 17.2 Å². The molecule has 1 aliphatic heterocycles. The highest BCUT2D eigenvalue weighted by Crippen LogP contribution is 2.19. The largest absolute Gasteiger partial charge is 0.370 e. The van der Waals surface area contributed by atoms with Crippen LogP contribution in [0.3, 0.4) is 0 Å². The second-order valence-corrected chi connectivity index (χ2v) is 7.61. The molecule has 0 radical (unpaired) electrons. The lowest BCUT2D eigenvalue weighted by molar-refractivity contribution is -0.140. The van der Waals surface area contributed by atoms with Gasteiger partial charge in [0.05, 0.1) is 12.1 Å². The molecule has 0 saturated carbocycles. The summed E-state index contributed by atoms with van der Waals surface area (Å²) < 4.78 is 0. The summed E-state index contributed by atoms with van der Waals surface area (Å²) in [6.45, 7) is 2.29. The Balaban J connectivity index is 1.95. The van der Waals surface area contributed by atoms with Crippen molar-refractivity contribution in [3.05, 3.63) is 35.9 Å². The first-order valence-electron chi connectivity index (χ1n) is 10.3. The molecular weight excluding hydrogens is 384 g/mol. The second-order valence-electron chi connectivity index (χ2n) is 7.61. The van der Waals surface area contributed by atoms with E-state index in [1.54, 1.807) is 4.90 Å². The maximum atomic E-state index is 12.9. The van der Waals surface area contributed by atoms with Gasteiger partial charge in [0, 0.05) is 13.1 Å². The minimum atomic E-state index is -0.719. The maximum Gasteiger partial charge on any atom is 0.243 e. The molecule has 7 N–H and O–H groups in total. The van der Waals surface area contributed by atoms with Crippen LogP contribution in [0, 0.1) is 0 Å². The first-order valence-corrected chi connectivity index (χ1v) is 10.3. The molecule has 30 heavy (non-hydrogen) atoms. The predicted octanol–water partition coefficient (Wildman–Crippen LogP) is -0.325. The molecule has 1 aromatic carbocycles. The van der Waals surface area contributed by atoms with Gasteiger partial charge in [-0.25, -0.2) is 0 Å². The van der Waals surface area contributed by atoms with Crippen LogP contribution in [0.5, 0.6) is 0 Å². The van der Waals surface area contributed by atoms with Gasteiger partial charge in [-0.2, -0.15) is 0 Å². The zero-order chi connectivity index (χ0) is 22.1. The minimum absolute atomic E-state index is 0.00892. The average Bonchev–Trinajstić information content (AvgIpc) is 3.19. The van der Waals surface area contributed by atoms with E-state index in [0.29, 0.717) is 38.8 Å². The van der Waals surface area contributed by atoms with Gasteiger partial charge >= 0.3 is 0 Å². The lowest BCUT2D eigenvalue weighted by atomic mass is 10.0. The van der Waals surface area contributed by atoms with Crippen LogP contribution in [0.1, 0.15) is 38.2 Å². The van der Waals surface area contributed by atoms with Crippen LogP contribution in [-0.2, 0) is 20.8 Å². The van der Waals surface area contributed by atoms with Gasteiger partial charge in [0.15, 0.2) is 11.7 Å². The number of Topliss-reactive ketones (excluding diaryl/α,β-unsaturated/α-hetero) is 1. The summed E-state index contributed by atoms with van der Waals surface area (Å²) in [5.74, 6) is -0.728. The summed E-state index contributed by atoms with van der Waals surface area (Å²) in [4.78, 5) is 43.1. The van der Waals surface area contributed by atoms with Crippen molar-refractivity contribution in [1.82, 2.24) is 10.2 Å². The van der Waals surface area contributed by atoms with Crippen LogP contribution in [0.4, 0.5) is 0 Å². The molecule has 164 valence electrons. The number of likely N-dealkylation sites (tertiary alicyclic amines) is 1. The van der Waals surface area contributed by atoms with Gasteiger partial charge in [-0.1, -0.05) is 30.3 Å². The van der Waals surface area contributed by atoms with Crippen molar-refractivity contribution >= 4 is 23.6 Å². The highest BCUT2D eigenvalue weighted by molar-refractivity contribution is 5.93. The number of nitrogens with one attached hydrogen (secondary N) is 1. The third kappa shape index (κ3) is 6.84. The smallest absolute Gasteiger partial charge is 0.243 e. The Hall–Kier alpha value is -2.94. The van der Waals surface area contributed by atoms with E-state index < -0.39 is 18.1 Å². The van der Waals surface area contributed by atoms with Crippen LogP contribution in [0.2, 0.25) is 0 Å². The zero-order valence-corrected chi connectivity index (χ0v) is 17.4. The van der Waals surface area contributed by atoms with Gasteiger partial charge in [-0.15, -0.1) is 0 Å². The number of carbonyl (C=O) groups excluding carboxylic acids is 3. The van der Waals surface area contributed by atoms with Gasteiger partial charge in [0.2, 0.25) is 11.8 Å². The van der Waals surface area contributed by atoms with E-state index in [9.17, 15) is 14.4 Å². The summed E-state index contributed by atoms with van der Waals surface area (Å²) >= 11 is 0. The summed E-state index contributed by atoms with van der Waals surface area (Å²) in [5, 5.41) is 2.79. The molecule has 2 amide bonds. The molecule has 1 saturated heterocycles. The molecule has 3 atom stereocenters. The van der Waals surface area contributed by atoms with Crippen LogP contribution in [0.25, 0.3) is 0 Å². The Labute approximate surface area is 177 Å². The molecular formula is C21H32N6O3. The fourth-order valence-corrected chi connectivity index (χ4v) is 3.62. The summed E-state index contributed by atoms with van der Waals surface area (Å²) in [6.07, 6.45) is 2.65. The maximum absolute atomic E-state index is 12.9. The van der Waals surface area contributed by atoms with Crippen molar-refractivity contribution in [3.8, 4) is 0 Å². The van der Waals surface area contributed by atoms with E-state index >= 15 is 0 Å². The van der Waals surface area contributed by atoms with E-state index in [2.05, 4.69) is 10.3 Å². The summed E-state index contributed by atoms with van der Waals surface area (Å²) in [7, 11) is 0. The number of guanidine groups is 1. The van der Waals surface area contributed by atoms with Crippen molar-refractivity contribution < 1.29 is 14.4 Å². The summed E-state index contributed by atoms with van der Waals surface area (Å²) in [6, 6.07) is 7.56. The topological polar surface area (TPSA) is 157 Å². The molecule has 0 spiro atoms. The normalized spacial score (nSPS) is 17.8. The second kappa shape index (κ2) is 11.3. The zero-order valence-electron chi connectivity index (χ0n) is 17.4. The van der Waals surface area contributed by atoms with Crippen molar-refractivity contribution in [2.24, 2.45) is 22.2 Å². The number of benzene rings is 1. The Bertz CT molecular complexity index is 763. The van der Waals surface area contributed by atoms with E-state index in [1.807, 2.05) is 30.3 Å². The van der Waals surface area contributed by atoms with E-state index in [0.717, 1.165) is 12.0 Å². The third-order valence-electron chi connectivity index (χ3n) is 5.21. The molecule has 9 heteroatoms. The van der Waals surface area contributed by atoms with Gasteiger partial charge in [0.1, 0.15) is 6.04 Å². The fourth-order valence-electron chi connectivity index (χ4n) is 3.62. The molecule has 0 aromatic heterocycles. The standard InChI is InChI=1S/C21H32N6O3/c1-14(28)17(9-5-11-25-21(23)24)26-19(29)18-10-6-12-27(18)20(30)16(22)13-15-7-3-2-4-8-15/h2-4,7-8,16-18H,5-6,9-13,22H2,1H3,(H,26,29)(H4,23,24,25). The number of ketones is 1. The molecule has 1 heterocycles. The van der Waals surface area contributed by atoms with Gasteiger partial charge in [-0.05, 0) is 44.6 Å². The first kappa shape index (κ1) is 23.3. The SMILES string of the molecule is CC(=O)C(CCCN=C(N)N)NC(=O)C1CCCN1C(=O)C(N)Cc1ccccc1. The lowest BCUT2D eigenvalue weighted by Crippen LogP contribution is -2.54. The molecule has 0 bridgehead atoms. The van der Waals surface area contributed by atoms with E-state index in [-0.39, 0.29) is 23.6 Å². The number of nitrogens with zero attached hydrogens (tertiary/aromatic N) is 2. The molecule has 1 aromatic rings. The Kier molecular flexibility index (Phi) is 8.79. The predicted molar refractivity (Wildman–Crippen MR) is 115 cm³/mol. The van der Waals surface area contributed by atoms with Crippen molar-refractivity contribution in [2.75, 3.05) is 13.1 Å². The quantitative estimate of drug-likeness (QED) is 0.232. The monoisotopic (exact) mass is 416 g/mol. The van der Waals surface area contributed by atoms with Crippen molar-refractivity contribution in [2.45, 2.75) is 57.2 Å². The van der Waals surface area contributed by atoms with Gasteiger partial charge in [0.25, 0.3) is 0 Å². The average molecular weight is 417 g/mol. The van der Waals surface area contributed by atoms with E-state index in [1.165, 1.54) is 6.92 Å². The lowest BCUT2D eigenvalue weighted by Gasteiger charge is -2.28. The number of nitrogens with two attached hydrogens (primary N) is 3. The Morgan fingerprint density at radius 3 is 2.57 bits per heavy atom. The molecule has 1 fully saturated rings. The highest BCUT2D eigenvalue weighted by Gasteiger charge is 2.37. The molecule has 3 unspecified atom stereocenters. The first-order chi connectivity index (χ1) is 14.3. The number of aliphatic imine (C=N–C) groups is 1. The number of hydrogen-bond donors (Lipinski definition) is 4. The van der Waals surface area contributed by atoms with Crippen LogP contribution < -0.4 is 22.5 Å². The third-order valence-corrected chi connectivity index (χ3v) is 5.21. The molecule has 9 nitrogen and oxygen atoms in total. The number of amides is 2. The Morgan fingerprint density at radius 1 is 1.23 bits per heavy atom.